The van der Waals surface area contributed by atoms with Gasteiger partial charge in [-0.3, -0.25) is 4.79 Å². The molecule has 2 aliphatic heterocycles. The molecule has 0 bridgehead atoms. The fraction of sp³-hybridized carbons (Fsp3) is 0.364. The van der Waals surface area contributed by atoms with Gasteiger partial charge in [-0.15, -0.1) is 0 Å². The van der Waals surface area contributed by atoms with Crippen molar-refractivity contribution in [3.8, 4) is 23.0 Å². The standard InChI is InChI=1S/C22H23NO7/c1-12-8-14-9-15(10-19(26-3)20(14)29-12)22(25)30-13(2)21(24)23-16-4-5-17-18(11-16)28-7-6-27-17/h4-5,9-13H,6-8H2,1-3H3,(H,23,24)/t12-,13+/m0/s1. The van der Waals surface area contributed by atoms with Crippen molar-refractivity contribution in [1.29, 1.82) is 0 Å². The molecule has 0 unspecified atom stereocenters. The van der Waals surface area contributed by atoms with Gasteiger partial charge in [0.15, 0.2) is 29.1 Å². The summed E-state index contributed by atoms with van der Waals surface area (Å²) in [7, 11) is 1.51. The summed E-state index contributed by atoms with van der Waals surface area (Å²) in [5.74, 6) is 1.24. The lowest BCUT2D eigenvalue weighted by molar-refractivity contribution is -0.123. The monoisotopic (exact) mass is 413 g/mol. The molecule has 0 saturated carbocycles. The fourth-order valence-corrected chi connectivity index (χ4v) is 3.41. The van der Waals surface area contributed by atoms with Crippen molar-refractivity contribution < 1.29 is 33.3 Å². The molecule has 4 rings (SSSR count). The van der Waals surface area contributed by atoms with E-state index in [0.29, 0.717) is 53.9 Å². The van der Waals surface area contributed by atoms with E-state index < -0.39 is 18.0 Å². The Morgan fingerprint density at radius 3 is 2.67 bits per heavy atom. The molecule has 2 aromatic rings. The lowest BCUT2D eigenvalue weighted by Crippen LogP contribution is -2.30. The second kappa shape index (κ2) is 8.14. The molecule has 8 nitrogen and oxygen atoms in total. The van der Waals surface area contributed by atoms with E-state index in [4.69, 9.17) is 23.7 Å². The number of amides is 1. The van der Waals surface area contributed by atoms with Gasteiger partial charge < -0.3 is 29.0 Å². The number of rotatable bonds is 5. The second-order valence-electron chi connectivity index (χ2n) is 7.19. The van der Waals surface area contributed by atoms with Crippen molar-refractivity contribution in [2.75, 3.05) is 25.6 Å². The highest BCUT2D eigenvalue weighted by Crippen LogP contribution is 2.39. The average molecular weight is 413 g/mol. The van der Waals surface area contributed by atoms with Gasteiger partial charge in [0, 0.05) is 23.7 Å². The smallest absolute Gasteiger partial charge is 0.339 e. The highest BCUT2D eigenvalue weighted by Gasteiger charge is 2.27. The van der Waals surface area contributed by atoms with Gasteiger partial charge in [-0.25, -0.2) is 4.79 Å². The zero-order valence-electron chi connectivity index (χ0n) is 17.0. The van der Waals surface area contributed by atoms with E-state index in [-0.39, 0.29) is 6.10 Å². The van der Waals surface area contributed by atoms with E-state index >= 15 is 0 Å². The minimum absolute atomic E-state index is 0.0101. The Labute approximate surface area is 174 Å². The van der Waals surface area contributed by atoms with Gasteiger partial charge in [0.05, 0.1) is 12.7 Å². The van der Waals surface area contributed by atoms with Gasteiger partial charge in [0.1, 0.15) is 19.3 Å². The molecule has 30 heavy (non-hydrogen) atoms. The van der Waals surface area contributed by atoms with Gasteiger partial charge in [0.25, 0.3) is 5.91 Å². The third-order valence-electron chi connectivity index (χ3n) is 4.88. The molecule has 1 amide bonds. The maximum atomic E-state index is 12.6. The van der Waals surface area contributed by atoms with Crippen molar-refractivity contribution in [2.24, 2.45) is 0 Å². The molecule has 0 saturated heterocycles. The number of anilines is 1. The van der Waals surface area contributed by atoms with Crippen molar-refractivity contribution in [3.63, 3.8) is 0 Å². The van der Waals surface area contributed by atoms with Gasteiger partial charge in [-0.1, -0.05) is 0 Å². The molecule has 2 heterocycles. The number of benzene rings is 2. The maximum absolute atomic E-state index is 12.6. The summed E-state index contributed by atoms with van der Waals surface area (Å²) in [4.78, 5) is 25.1. The van der Waals surface area contributed by atoms with Crippen LogP contribution in [0.1, 0.15) is 29.8 Å². The second-order valence-corrected chi connectivity index (χ2v) is 7.19. The van der Waals surface area contributed by atoms with Crippen LogP contribution in [0.25, 0.3) is 0 Å². The molecule has 2 aromatic carbocycles. The molecule has 1 N–H and O–H groups in total. The summed E-state index contributed by atoms with van der Waals surface area (Å²) >= 11 is 0. The lowest BCUT2D eigenvalue weighted by atomic mass is 10.1. The van der Waals surface area contributed by atoms with E-state index in [1.54, 1.807) is 30.3 Å². The SMILES string of the molecule is COc1cc(C(=O)O[C@H](C)C(=O)Nc2ccc3c(c2)OCCO3)cc2c1O[C@@H](C)C2. The minimum atomic E-state index is -1.000. The fourth-order valence-electron chi connectivity index (χ4n) is 3.41. The first-order valence-corrected chi connectivity index (χ1v) is 9.73. The Kier molecular flexibility index (Phi) is 5.39. The Bertz CT molecular complexity index is 988. The highest BCUT2D eigenvalue weighted by molar-refractivity contribution is 5.98. The van der Waals surface area contributed by atoms with Gasteiger partial charge in [-0.05, 0) is 38.1 Å². The number of hydrogen-bond acceptors (Lipinski definition) is 7. The van der Waals surface area contributed by atoms with Crippen LogP contribution >= 0.6 is 0 Å². The largest absolute Gasteiger partial charge is 0.493 e. The number of methoxy groups -OCH3 is 1. The van der Waals surface area contributed by atoms with Crippen LogP contribution in [0.5, 0.6) is 23.0 Å². The number of ether oxygens (including phenoxy) is 5. The van der Waals surface area contributed by atoms with Crippen molar-refractivity contribution in [3.05, 3.63) is 41.5 Å². The van der Waals surface area contributed by atoms with Crippen LogP contribution in [0, 0.1) is 0 Å². The first kappa shape index (κ1) is 19.9. The van der Waals surface area contributed by atoms with E-state index in [0.717, 1.165) is 5.56 Å². The molecule has 0 spiro atoms. The first-order chi connectivity index (χ1) is 14.4. The summed E-state index contributed by atoms with van der Waals surface area (Å²) in [6, 6.07) is 8.38. The molecule has 0 radical (unpaired) electrons. The molecular weight excluding hydrogens is 390 g/mol. The van der Waals surface area contributed by atoms with E-state index in [9.17, 15) is 9.59 Å². The Hall–Kier alpha value is -3.42. The summed E-state index contributed by atoms with van der Waals surface area (Å²) in [5, 5.41) is 2.72. The van der Waals surface area contributed by atoms with Crippen molar-refractivity contribution in [2.45, 2.75) is 32.5 Å². The Morgan fingerprint density at radius 2 is 1.90 bits per heavy atom. The van der Waals surface area contributed by atoms with Crippen LogP contribution in [-0.4, -0.2) is 44.4 Å². The highest BCUT2D eigenvalue weighted by atomic mass is 16.6. The molecule has 8 heteroatoms. The van der Waals surface area contributed by atoms with E-state index in [2.05, 4.69) is 5.32 Å². The van der Waals surface area contributed by atoms with Crippen LogP contribution < -0.4 is 24.3 Å². The van der Waals surface area contributed by atoms with Crippen LogP contribution in [0.2, 0.25) is 0 Å². The predicted molar refractivity (Wildman–Crippen MR) is 108 cm³/mol. The van der Waals surface area contributed by atoms with Crippen molar-refractivity contribution >= 4 is 17.6 Å². The number of hydrogen-bond donors (Lipinski definition) is 1. The lowest BCUT2D eigenvalue weighted by Gasteiger charge is -2.19. The number of carbonyl (C=O) groups is 2. The van der Waals surface area contributed by atoms with Crippen molar-refractivity contribution in [1.82, 2.24) is 0 Å². The third-order valence-corrected chi connectivity index (χ3v) is 4.88. The topological polar surface area (TPSA) is 92.3 Å². The van der Waals surface area contributed by atoms with Gasteiger partial charge in [-0.2, -0.15) is 0 Å². The number of nitrogens with one attached hydrogen (secondary N) is 1. The van der Waals surface area contributed by atoms with E-state index in [1.165, 1.54) is 14.0 Å². The van der Waals surface area contributed by atoms with Gasteiger partial charge in [0.2, 0.25) is 0 Å². The van der Waals surface area contributed by atoms with Crippen LogP contribution in [0.4, 0.5) is 5.69 Å². The van der Waals surface area contributed by atoms with E-state index in [1.807, 2.05) is 6.92 Å². The molecular formula is C22H23NO7. The molecule has 0 aromatic heterocycles. The molecule has 2 atom stereocenters. The molecule has 2 aliphatic rings. The molecule has 0 aliphatic carbocycles. The Morgan fingerprint density at radius 1 is 1.13 bits per heavy atom. The van der Waals surface area contributed by atoms with Crippen LogP contribution in [0.15, 0.2) is 30.3 Å². The van der Waals surface area contributed by atoms with Crippen LogP contribution in [0.3, 0.4) is 0 Å². The number of esters is 1. The summed E-state index contributed by atoms with van der Waals surface area (Å²) in [6.45, 7) is 4.40. The summed E-state index contributed by atoms with van der Waals surface area (Å²) in [6.07, 6.45) is -0.316. The quantitative estimate of drug-likeness (QED) is 0.754. The molecule has 0 fully saturated rings. The third kappa shape index (κ3) is 3.98. The average Bonchev–Trinajstić information content (AvgIpc) is 3.12. The first-order valence-electron chi connectivity index (χ1n) is 9.73. The zero-order chi connectivity index (χ0) is 21.3. The normalized spacial score (nSPS) is 17.4. The summed E-state index contributed by atoms with van der Waals surface area (Å²) < 4.78 is 27.4. The minimum Gasteiger partial charge on any atom is -0.493 e. The summed E-state index contributed by atoms with van der Waals surface area (Å²) in [5.41, 5.74) is 1.71. The Balaban J connectivity index is 1.42. The maximum Gasteiger partial charge on any atom is 0.339 e. The molecule has 158 valence electrons. The van der Waals surface area contributed by atoms with Crippen LogP contribution in [-0.2, 0) is 16.0 Å². The number of fused-ring (bicyclic) bond motifs is 2. The predicted octanol–water partition coefficient (Wildman–Crippen LogP) is 2.97. The number of carbonyl (C=O) groups excluding carboxylic acids is 2. The van der Waals surface area contributed by atoms with Gasteiger partial charge >= 0.3 is 5.97 Å². The zero-order valence-corrected chi connectivity index (χ0v) is 17.0.